The molecule has 126 valence electrons. The van der Waals surface area contributed by atoms with Gasteiger partial charge in [-0.25, -0.2) is 4.98 Å². The number of aromatic nitrogens is 5. The number of imidazole rings is 1. The van der Waals surface area contributed by atoms with Crippen LogP contribution in [0.2, 0.25) is 0 Å². The molecule has 3 aromatic heterocycles. The molecule has 0 N–H and O–H groups in total. The number of fused-ring (bicyclic) bond motifs is 1. The van der Waals surface area contributed by atoms with Crippen LogP contribution in [0.3, 0.4) is 0 Å². The monoisotopic (exact) mass is 328 g/mol. The van der Waals surface area contributed by atoms with Gasteiger partial charge in [-0.3, -0.25) is 4.79 Å². The van der Waals surface area contributed by atoms with E-state index in [0.717, 1.165) is 11.2 Å². The molecule has 0 radical (unpaired) electrons. The number of rotatable bonds is 6. The topological polar surface area (TPSA) is 77.5 Å². The fraction of sp³-hybridized carbons (Fsp3) is 0.375. The predicted octanol–water partition coefficient (Wildman–Crippen LogP) is 1.15. The van der Waals surface area contributed by atoms with Crippen LogP contribution < -0.4 is 0 Å². The normalized spacial score (nSPS) is 11.1. The second-order valence-corrected chi connectivity index (χ2v) is 5.69. The van der Waals surface area contributed by atoms with Gasteiger partial charge in [0.25, 0.3) is 5.91 Å². The Hall–Kier alpha value is -2.74. The molecule has 0 aliphatic rings. The number of methoxy groups -OCH3 is 1. The van der Waals surface area contributed by atoms with Crippen molar-refractivity contribution in [3.63, 3.8) is 0 Å². The number of carbonyl (C=O) groups excluding carboxylic acids is 1. The van der Waals surface area contributed by atoms with E-state index in [-0.39, 0.29) is 5.91 Å². The highest BCUT2D eigenvalue weighted by atomic mass is 16.5. The zero-order valence-electron chi connectivity index (χ0n) is 14.0. The summed E-state index contributed by atoms with van der Waals surface area (Å²) in [7, 11) is 3.37. The SMILES string of the molecule is COCCn1cnnc1CN(C)C(=O)c1cn2cc(C)ccc2n1. The lowest BCUT2D eigenvalue weighted by molar-refractivity contribution is 0.0774. The Morgan fingerprint density at radius 1 is 1.33 bits per heavy atom. The standard InChI is InChI=1S/C16H20N6O2/c1-12-4-5-14-18-13(9-22(14)8-12)16(23)20(2)10-15-19-17-11-21(15)6-7-24-3/h4-5,8-9,11H,6-7,10H2,1-3H3. The minimum atomic E-state index is -0.155. The van der Waals surface area contributed by atoms with E-state index in [4.69, 9.17) is 4.74 Å². The molecule has 0 saturated heterocycles. The molecule has 24 heavy (non-hydrogen) atoms. The third-order valence-corrected chi connectivity index (χ3v) is 3.78. The number of aryl methyl sites for hydroxylation is 1. The van der Waals surface area contributed by atoms with Gasteiger partial charge in [-0.2, -0.15) is 0 Å². The molecule has 3 heterocycles. The number of pyridine rings is 1. The third kappa shape index (κ3) is 3.28. The van der Waals surface area contributed by atoms with Gasteiger partial charge in [0, 0.05) is 33.1 Å². The minimum Gasteiger partial charge on any atom is -0.383 e. The zero-order valence-corrected chi connectivity index (χ0v) is 14.0. The molecule has 0 bridgehead atoms. The lowest BCUT2D eigenvalue weighted by atomic mass is 10.3. The van der Waals surface area contributed by atoms with Crippen LogP contribution in [0.15, 0.2) is 30.9 Å². The van der Waals surface area contributed by atoms with E-state index in [0.29, 0.717) is 31.2 Å². The second-order valence-electron chi connectivity index (χ2n) is 5.69. The molecule has 8 heteroatoms. The molecule has 0 aromatic carbocycles. The summed E-state index contributed by atoms with van der Waals surface area (Å²) in [5, 5.41) is 7.98. The van der Waals surface area contributed by atoms with Crippen molar-refractivity contribution >= 4 is 11.6 Å². The smallest absolute Gasteiger partial charge is 0.274 e. The van der Waals surface area contributed by atoms with Gasteiger partial charge >= 0.3 is 0 Å². The van der Waals surface area contributed by atoms with Crippen molar-refractivity contribution < 1.29 is 9.53 Å². The van der Waals surface area contributed by atoms with Crippen LogP contribution >= 0.6 is 0 Å². The number of carbonyl (C=O) groups is 1. The first kappa shape index (κ1) is 16.1. The predicted molar refractivity (Wildman–Crippen MR) is 87.6 cm³/mol. The average Bonchev–Trinajstić information content (AvgIpc) is 3.18. The molecule has 0 aliphatic carbocycles. The summed E-state index contributed by atoms with van der Waals surface area (Å²) in [5.41, 5.74) is 2.27. The van der Waals surface area contributed by atoms with Gasteiger partial charge in [0.05, 0.1) is 13.2 Å². The fourth-order valence-electron chi connectivity index (χ4n) is 2.46. The molecule has 1 amide bonds. The molecular formula is C16H20N6O2. The van der Waals surface area contributed by atoms with E-state index in [1.165, 1.54) is 0 Å². The van der Waals surface area contributed by atoms with Crippen molar-refractivity contribution in [1.82, 2.24) is 29.0 Å². The number of nitrogens with zero attached hydrogens (tertiary/aromatic N) is 6. The van der Waals surface area contributed by atoms with E-state index in [1.54, 1.807) is 31.6 Å². The van der Waals surface area contributed by atoms with E-state index < -0.39 is 0 Å². The highest BCUT2D eigenvalue weighted by Gasteiger charge is 2.18. The number of hydrogen-bond acceptors (Lipinski definition) is 5. The van der Waals surface area contributed by atoms with E-state index in [2.05, 4.69) is 15.2 Å². The lowest BCUT2D eigenvalue weighted by Crippen LogP contribution is -2.28. The van der Waals surface area contributed by atoms with Crippen molar-refractivity contribution in [2.24, 2.45) is 0 Å². The lowest BCUT2D eigenvalue weighted by Gasteiger charge is -2.15. The largest absolute Gasteiger partial charge is 0.383 e. The van der Waals surface area contributed by atoms with Gasteiger partial charge in [0.1, 0.15) is 17.7 Å². The van der Waals surface area contributed by atoms with E-state index in [1.807, 2.05) is 34.2 Å². The summed E-state index contributed by atoms with van der Waals surface area (Å²) in [6.45, 7) is 3.57. The minimum absolute atomic E-state index is 0.155. The first-order chi connectivity index (χ1) is 11.6. The average molecular weight is 328 g/mol. The number of ether oxygens (including phenoxy) is 1. The maximum atomic E-state index is 12.6. The molecule has 3 rings (SSSR count). The quantitative estimate of drug-likeness (QED) is 0.678. The van der Waals surface area contributed by atoms with Gasteiger partial charge in [-0.05, 0) is 18.6 Å². The first-order valence-electron chi connectivity index (χ1n) is 7.65. The molecule has 0 aliphatic heterocycles. The van der Waals surface area contributed by atoms with Gasteiger partial charge in [-0.1, -0.05) is 6.07 Å². The Bertz CT molecular complexity index is 853. The van der Waals surface area contributed by atoms with Crippen molar-refractivity contribution in [1.29, 1.82) is 0 Å². The van der Waals surface area contributed by atoms with Crippen molar-refractivity contribution in [3.8, 4) is 0 Å². The number of amides is 1. The van der Waals surface area contributed by atoms with Gasteiger partial charge in [0.2, 0.25) is 0 Å². The van der Waals surface area contributed by atoms with Gasteiger partial charge in [0.15, 0.2) is 5.82 Å². The van der Waals surface area contributed by atoms with Crippen LogP contribution in [-0.2, 0) is 17.8 Å². The first-order valence-corrected chi connectivity index (χ1v) is 7.65. The second kappa shape index (κ2) is 6.79. The zero-order chi connectivity index (χ0) is 17.1. The number of hydrogen-bond donors (Lipinski definition) is 0. The van der Waals surface area contributed by atoms with Crippen LogP contribution in [0.4, 0.5) is 0 Å². The van der Waals surface area contributed by atoms with Gasteiger partial charge < -0.3 is 18.6 Å². The van der Waals surface area contributed by atoms with Crippen LogP contribution in [-0.4, -0.2) is 55.7 Å². The maximum Gasteiger partial charge on any atom is 0.274 e. The summed E-state index contributed by atoms with van der Waals surface area (Å²) in [5.74, 6) is 0.556. The highest BCUT2D eigenvalue weighted by molar-refractivity contribution is 5.92. The molecule has 0 saturated carbocycles. The molecule has 0 unspecified atom stereocenters. The maximum absolute atomic E-state index is 12.6. The Morgan fingerprint density at radius 3 is 2.96 bits per heavy atom. The van der Waals surface area contributed by atoms with Gasteiger partial charge in [-0.15, -0.1) is 10.2 Å². The van der Waals surface area contributed by atoms with Crippen LogP contribution in [0, 0.1) is 6.92 Å². The van der Waals surface area contributed by atoms with E-state index >= 15 is 0 Å². The molecule has 8 nitrogen and oxygen atoms in total. The Balaban J connectivity index is 1.75. The summed E-state index contributed by atoms with van der Waals surface area (Å²) in [4.78, 5) is 18.6. The molecule has 3 aromatic rings. The Labute approximate surface area is 139 Å². The van der Waals surface area contributed by atoms with E-state index in [9.17, 15) is 4.79 Å². The fourth-order valence-corrected chi connectivity index (χ4v) is 2.46. The molecule has 0 spiro atoms. The molecular weight excluding hydrogens is 308 g/mol. The summed E-state index contributed by atoms with van der Waals surface area (Å²) < 4.78 is 8.80. The molecule has 0 fully saturated rings. The Morgan fingerprint density at radius 2 is 2.17 bits per heavy atom. The van der Waals surface area contributed by atoms with Crippen LogP contribution in [0.25, 0.3) is 5.65 Å². The highest BCUT2D eigenvalue weighted by Crippen LogP contribution is 2.10. The van der Waals surface area contributed by atoms with Crippen molar-refractivity contribution in [2.75, 3.05) is 20.8 Å². The van der Waals surface area contributed by atoms with Crippen molar-refractivity contribution in [2.45, 2.75) is 20.0 Å². The summed E-state index contributed by atoms with van der Waals surface area (Å²) in [6.07, 6.45) is 5.33. The van der Waals surface area contributed by atoms with Crippen LogP contribution in [0.5, 0.6) is 0 Å². The van der Waals surface area contributed by atoms with Crippen molar-refractivity contribution in [3.05, 3.63) is 47.9 Å². The summed E-state index contributed by atoms with van der Waals surface area (Å²) >= 11 is 0. The Kier molecular flexibility index (Phi) is 4.57. The van der Waals surface area contributed by atoms with Crippen LogP contribution in [0.1, 0.15) is 21.9 Å². The molecule has 0 atom stereocenters. The third-order valence-electron chi connectivity index (χ3n) is 3.78. The summed E-state index contributed by atoms with van der Waals surface area (Å²) in [6, 6.07) is 3.87.